The number of carbonyl (C=O) groups excluding carboxylic acids is 2. The first-order valence-electron chi connectivity index (χ1n) is 4.95. The number of halogens is 1. The maximum atomic E-state index is 11.6. The van der Waals surface area contributed by atoms with E-state index in [9.17, 15) is 9.59 Å². The van der Waals surface area contributed by atoms with Gasteiger partial charge in [-0.15, -0.1) is 0 Å². The lowest BCUT2D eigenvalue weighted by atomic mass is 10.2. The van der Waals surface area contributed by atoms with Gasteiger partial charge in [0.05, 0.1) is 10.7 Å². The summed E-state index contributed by atoms with van der Waals surface area (Å²) in [6.07, 6.45) is 0.302. The molecular formula is C11H11ClN2O2. The molecule has 5 heteroatoms. The van der Waals surface area contributed by atoms with Gasteiger partial charge in [0, 0.05) is 13.0 Å². The van der Waals surface area contributed by atoms with Crippen LogP contribution in [0.25, 0.3) is 0 Å². The van der Waals surface area contributed by atoms with Crippen LogP contribution < -0.4 is 10.2 Å². The minimum Gasteiger partial charge on any atom is -0.292 e. The van der Waals surface area contributed by atoms with E-state index < -0.39 is 6.03 Å². The van der Waals surface area contributed by atoms with Gasteiger partial charge in [0.2, 0.25) is 5.91 Å². The first-order chi connectivity index (χ1) is 7.58. The lowest BCUT2D eigenvalue weighted by Crippen LogP contribution is -2.49. The first-order valence-corrected chi connectivity index (χ1v) is 5.33. The van der Waals surface area contributed by atoms with E-state index in [1.807, 2.05) is 19.1 Å². The molecule has 0 aromatic heterocycles. The van der Waals surface area contributed by atoms with Gasteiger partial charge in [-0.25, -0.2) is 4.79 Å². The van der Waals surface area contributed by atoms with Crippen molar-refractivity contribution in [1.29, 1.82) is 0 Å². The van der Waals surface area contributed by atoms with Gasteiger partial charge in [0.25, 0.3) is 0 Å². The zero-order chi connectivity index (χ0) is 11.7. The molecule has 1 saturated heterocycles. The molecular weight excluding hydrogens is 228 g/mol. The lowest BCUT2D eigenvalue weighted by molar-refractivity contribution is -0.120. The molecule has 1 aromatic rings. The number of aryl methyl sites for hydroxylation is 1. The summed E-state index contributed by atoms with van der Waals surface area (Å²) in [5, 5.41) is 2.77. The Bertz CT molecular complexity index is 459. The molecule has 0 spiro atoms. The van der Waals surface area contributed by atoms with Crippen LogP contribution >= 0.6 is 11.6 Å². The zero-order valence-electron chi connectivity index (χ0n) is 8.79. The van der Waals surface area contributed by atoms with Crippen LogP contribution in [0.1, 0.15) is 12.0 Å². The molecule has 1 heterocycles. The molecule has 1 aromatic carbocycles. The molecule has 16 heavy (non-hydrogen) atoms. The maximum Gasteiger partial charge on any atom is 0.328 e. The van der Waals surface area contributed by atoms with Gasteiger partial charge < -0.3 is 0 Å². The number of anilines is 1. The first kappa shape index (κ1) is 11.0. The van der Waals surface area contributed by atoms with Crippen molar-refractivity contribution < 1.29 is 9.59 Å². The Morgan fingerprint density at radius 2 is 2.12 bits per heavy atom. The Morgan fingerprint density at radius 3 is 2.81 bits per heavy atom. The highest BCUT2D eigenvalue weighted by atomic mass is 35.5. The summed E-state index contributed by atoms with van der Waals surface area (Å²) in [6, 6.07) is 5.04. The number of nitrogens with one attached hydrogen (secondary N) is 1. The van der Waals surface area contributed by atoms with Crippen molar-refractivity contribution >= 4 is 29.2 Å². The van der Waals surface area contributed by atoms with Crippen molar-refractivity contribution in [2.75, 3.05) is 11.4 Å². The predicted octanol–water partition coefficient (Wildman–Crippen LogP) is 2.09. The van der Waals surface area contributed by atoms with Gasteiger partial charge >= 0.3 is 6.03 Å². The number of urea groups is 1. The van der Waals surface area contributed by atoms with E-state index in [-0.39, 0.29) is 5.91 Å². The van der Waals surface area contributed by atoms with E-state index in [1.54, 1.807) is 6.07 Å². The van der Waals surface area contributed by atoms with E-state index >= 15 is 0 Å². The van der Waals surface area contributed by atoms with Gasteiger partial charge in [0.1, 0.15) is 0 Å². The second-order valence-electron chi connectivity index (χ2n) is 3.71. The number of hydrogen-bond acceptors (Lipinski definition) is 2. The summed E-state index contributed by atoms with van der Waals surface area (Å²) in [5.41, 5.74) is 1.66. The molecule has 1 fully saturated rings. The van der Waals surface area contributed by atoms with Crippen LogP contribution in [0, 0.1) is 6.92 Å². The van der Waals surface area contributed by atoms with E-state index in [1.165, 1.54) is 4.90 Å². The Balaban J connectivity index is 2.33. The molecule has 2 rings (SSSR count). The van der Waals surface area contributed by atoms with Crippen LogP contribution in [0.3, 0.4) is 0 Å². The average Bonchev–Trinajstić information content (AvgIpc) is 2.22. The third kappa shape index (κ3) is 2.02. The third-order valence-electron chi connectivity index (χ3n) is 2.45. The van der Waals surface area contributed by atoms with Crippen LogP contribution in [-0.2, 0) is 4.79 Å². The van der Waals surface area contributed by atoms with E-state index in [0.29, 0.717) is 23.7 Å². The van der Waals surface area contributed by atoms with Gasteiger partial charge in [0.15, 0.2) is 0 Å². The van der Waals surface area contributed by atoms with Gasteiger partial charge in [-0.05, 0) is 24.6 Å². The Morgan fingerprint density at radius 1 is 1.38 bits per heavy atom. The third-order valence-corrected chi connectivity index (χ3v) is 2.77. The number of nitrogens with zero attached hydrogens (tertiary/aromatic N) is 1. The summed E-state index contributed by atoms with van der Waals surface area (Å²) < 4.78 is 0. The topological polar surface area (TPSA) is 49.4 Å². The Kier molecular flexibility index (Phi) is 2.83. The van der Waals surface area contributed by atoms with Crippen molar-refractivity contribution in [2.24, 2.45) is 0 Å². The minimum atomic E-state index is -0.413. The molecule has 0 saturated carbocycles. The summed E-state index contributed by atoms with van der Waals surface area (Å²) in [4.78, 5) is 24.1. The van der Waals surface area contributed by atoms with Crippen molar-refractivity contribution in [3.63, 3.8) is 0 Å². The van der Waals surface area contributed by atoms with Crippen LogP contribution in [-0.4, -0.2) is 18.5 Å². The second-order valence-corrected chi connectivity index (χ2v) is 4.12. The largest absolute Gasteiger partial charge is 0.328 e. The molecule has 4 nitrogen and oxygen atoms in total. The normalized spacial score (nSPS) is 16.2. The van der Waals surface area contributed by atoms with Gasteiger partial charge in [-0.1, -0.05) is 17.7 Å². The highest BCUT2D eigenvalue weighted by Gasteiger charge is 2.25. The van der Waals surface area contributed by atoms with Crippen LogP contribution in [0.4, 0.5) is 10.5 Å². The quantitative estimate of drug-likeness (QED) is 0.815. The average molecular weight is 239 g/mol. The van der Waals surface area contributed by atoms with Crippen molar-refractivity contribution in [2.45, 2.75) is 13.3 Å². The fourth-order valence-corrected chi connectivity index (χ4v) is 1.84. The van der Waals surface area contributed by atoms with Crippen LogP contribution in [0.2, 0.25) is 5.02 Å². The molecule has 0 atom stereocenters. The number of carbonyl (C=O) groups is 2. The van der Waals surface area contributed by atoms with Crippen LogP contribution in [0.15, 0.2) is 18.2 Å². The molecule has 0 radical (unpaired) electrons. The lowest BCUT2D eigenvalue weighted by Gasteiger charge is -2.27. The number of amides is 3. The molecule has 3 amide bonds. The molecule has 84 valence electrons. The molecule has 0 bridgehead atoms. The van der Waals surface area contributed by atoms with Crippen LogP contribution in [0.5, 0.6) is 0 Å². The standard InChI is InChI=1S/C11H11ClN2O2/c1-7-2-3-8(12)9(6-7)14-5-4-10(15)13-11(14)16/h2-3,6H,4-5H2,1H3,(H,13,15,16). The minimum absolute atomic E-state index is 0.245. The number of rotatable bonds is 1. The van der Waals surface area contributed by atoms with E-state index in [0.717, 1.165) is 5.56 Å². The molecule has 1 aliphatic rings. The summed E-state index contributed by atoms with van der Waals surface area (Å²) in [7, 11) is 0. The molecule has 0 unspecified atom stereocenters. The maximum absolute atomic E-state index is 11.6. The van der Waals surface area contributed by atoms with Crippen molar-refractivity contribution in [3.8, 4) is 0 Å². The number of imide groups is 1. The second kappa shape index (κ2) is 4.14. The molecule has 0 aliphatic carbocycles. The van der Waals surface area contributed by atoms with Crippen molar-refractivity contribution in [3.05, 3.63) is 28.8 Å². The summed E-state index contributed by atoms with van der Waals surface area (Å²) >= 11 is 6.02. The number of hydrogen-bond donors (Lipinski definition) is 1. The van der Waals surface area contributed by atoms with Gasteiger partial charge in [-0.3, -0.25) is 15.0 Å². The monoisotopic (exact) mass is 238 g/mol. The SMILES string of the molecule is Cc1ccc(Cl)c(N2CCC(=O)NC2=O)c1. The van der Waals surface area contributed by atoms with E-state index in [2.05, 4.69) is 5.32 Å². The fraction of sp³-hybridized carbons (Fsp3) is 0.273. The summed E-state index contributed by atoms with van der Waals surface area (Å²) in [6.45, 7) is 2.29. The smallest absolute Gasteiger partial charge is 0.292 e. The highest BCUT2D eigenvalue weighted by Crippen LogP contribution is 2.27. The zero-order valence-corrected chi connectivity index (χ0v) is 9.54. The molecule has 1 aliphatic heterocycles. The molecule has 1 N–H and O–H groups in total. The number of benzene rings is 1. The highest BCUT2D eigenvalue weighted by molar-refractivity contribution is 6.34. The van der Waals surface area contributed by atoms with Crippen molar-refractivity contribution in [1.82, 2.24) is 5.32 Å². The Hall–Kier alpha value is -1.55. The predicted molar refractivity (Wildman–Crippen MR) is 61.7 cm³/mol. The Labute approximate surface area is 98.2 Å². The summed E-state index contributed by atoms with van der Waals surface area (Å²) in [5.74, 6) is -0.245. The fourth-order valence-electron chi connectivity index (χ4n) is 1.62. The van der Waals surface area contributed by atoms with E-state index in [4.69, 9.17) is 11.6 Å². The van der Waals surface area contributed by atoms with Gasteiger partial charge in [-0.2, -0.15) is 0 Å².